The third kappa shape index (κ3) is 3.09. The maximum atomic E-state index is 12.2. The minimum Gasteiger partial charge on any atom is -0.494 e. The van der Waals surface area contributed by atoms with Crippen LogP contribution >= 0.6 is 0 Å². The number of hydrogen-bond donors (Lipinski definition) is 2. The van der Waals surface area contributed by atoms with Gasteiger partial charge < -0.3 is 19.9 Å². The molecule has 1 aromatic carbocycles. The fraction of sp³-hybridized carbons (Fsp3) is 0.467. The molecule has 2 rings (SSSR count). The zero-order valence-corrected chi connectivity index (χ0v) is 12.1. The van der Waals surface area contributed by atoms with Gasteiger partial charge in [0.05, 0.1) is 18.9 Å². The molecule has 2 N–H and O–H groups in total. The Hall–Kier alpha value is -2.24. The van der Waals surface area contributed by atoms with Crippen molar-refractivity contribution in [3.63, 3.8) is 0 Å². The molecular weight excluding hydrogens is 274 g/mol. The number of ether oxygens (including phenoxy) is 2. The third-order valence-corrected chi connectivity index (χ3v) is 3.40. The lowest BCUT2D eigenvalue weighted by atomic mass is 10.1. The topological polar surface area (TPSA) is 84.9 Å². The maximum absolute atomic E-state index is 12.2. The highest BCUT2D eigenvalue weighted by atomic mass is 16.5. The third-order valence-electron chi connectivity index (χ3n) is 3.40. The van der Waals surface area contributed by atoms with Gasteiger partial charge in [0.15, 0.2) is 0 Å². The summed E-state index contributed by atoms with van der Waals surface area (Å²) in [6, 6.07) is 5.09. The molecule has 0 atom stereocenters. The predicted molar refractivity (Wildman–Crippen MR) is 76.7 cm³/mol. The first kappa shape index (κ1) is 15.2. The Morgan fingerprint density at radius 1 is 1.24 bits per heavy atom. The molecule has 1 aromatic rings. The molecule has 0 heterocycles. The van der Waals surface area contributed by atoms with Crippen molar-refractivity contribution in [3.05, 3.63) is 18.2 Å². The monoisotopic (exact) mass is 293 g/mol. The van der Waals surface area contributed by atoms with Crippen LogP contribution in [0.4, 0.5) is 5.69 Å². The van der Waals surface area contributed by atoms with Crippen molar-refractivity contribution in [2.24, 2.45) is 5.41 Å². The average Bonchev–Trinajstić information content (AvgIpc) is 3.23. The quantitative estimate of drug-likeness (QED) is 0.753. The SMILES string of the molecule is CCOc1ccc(OCC)c(NC(=O)C2(C(=O)O)CC2)c1. The molecule has 21 heavy (non-hydrogen) atoms. The molecule has 1 aliphatic carbocycles. The van der Waals surface area contributed by atoms with E-state index in [1.165, 1.54) is 0 Å². The van der Waals surface area contributed by atoms with Gasteiger partial charge in [0.25, 0.3) is 0 Å². The molecule has 0 bridgehead atoms. The largest absolute Gasteiger partial charge is 0.494 e. The normalized spacial score (nSPS) is 15.1. The fourth-order valence-electron chi connectivity index (χ4n) is 2.05. The Balaban J connectivity index is 2.22. The van der Waals surface area contributed by atoms with Crippen molar-refractivity contribution >= 4 is 17.6 Å². The molecule has 6 nitrogen and oxygen atoms in total. The Labute approximate surface area is 123 Å². The molecule has 6 heteroatoms. The first-order valence-corrected chi connectivity index (χ1v) is 6.98. The molecule has 0 aliphatic heterocycles. The van der Waals surface area contributed by atoms with Crippen molar-refractivity contribution in [1.29, 1.82) is 0 Å². The van der Waals surface area contributed by atoms with E-state index in [0.717, 1.165) is 0 Å². The maximum Gasteiger partial charge on any atom is 0.319 e. The van der Waals surface area contributed by atoms with Gasteiger partial charge >= 0.3 is 5.97 Å². The Morgan fingerprint density at radius 3 is 2.43 bits per heavy atom. The predicted octanol–water partition coefficient (Wildman–Crippen LogP) is 2.29. The molecule has 0 aromatic heterocycles. The van der Waals surface area contributed by atoms with E-state index in [1.807, 2.05) is 13.8 Å². The van der Waals surface area contributed by atoms with E-state index in [0.29, 0.717) is 43.2 Å². The first-order chi connectivity index (χ1) is 10.0. The van der Waals surface area contributed by atoms with Crippen LogP contribution in [0, 0.1) is 5.41 Å². The summed E-state index contributed by atoms with van der Waals surface area (Å²) in [5.74, 6) is -0.504. The van der Waals surface area contributed by atoms with Gasteiger partial charge in [-0.3, -0.25) is 9.59 Å². The van der Waals surface area contributed by atoms with Crippen molar-refractivity contribution in [2.45, 2.75) is 26.7 Å². The van der Waals surface area contributed by atoms with Crippen LogP contribution in [0.15, 0.2) is 18.2 Å². The van der Waals surface area contributed by atoms with E-state index in [2.05, 4.69) is 5.32 Å². The van der Waals surface area contributed by atoms with Crippen molar-refractivity contribution in [3.8, 4) is 11.5 Å². The zero-order valence-electron chi connectivity index (χ0n) is 12.1. The van der Waals surface area contributed by atoms with E-state index < -0.39 is 17.3 Å². The second kappa shape index (κ2) is 6.03. The summed E-state index contributed by atoms with van der Waals surface area (Å²) < 4.78 is 10.8. The number of carboxylic acids is 1. The summed E-state index contributed by atoms with van der Waals surface area (Å²) in [6.07, 6.45) is 0.729. The molecule has 0 saturated heterocycles. The lowest BCUT2D eigenvalue weighted by Gasteiger charge is -2.15. The van der Waals surface area contributed by atoms with Crippen LogP contribution < -0.4 is 14.8 Å². The van der Waals surface area contributed by atoms with Gasteiger partial charge in [0, 0.05) is 6.07 Å². The second-order valence-corrected chi connectivity index (χ2v) is 4.87. The lowest BCUT2D eigenvalue weighted by molar-refractivity contribution is -0.147. The highest BCUT2D eigenvalue weighted by Crippen LogP contribution is 2.47. The van der Waals surface area contributed by atoms with Crippen LogP contribution in [0.5, 0.6) is 11.5 Å². The lowest BCUT2D eigenvalue weighted by Crippen LogP contribution is -2.31. The number of aliphatic carboxylic acids is 1. The van der Waals surface area contributed by atoms with E-state index in [1.54, 1.807) is 18.2 Å². The summed E-state index contributed by atoms with van der Waals surface area (Å²) in [7, 11) is 0. The number of carboxylic acid groups (broad SMARTS) is 1. The van der Waals surface area contributed by atoms with Crippen LogP contribution in [0.25, 0.3) is 0 Å². The number of hydrogen-bond acceptors (Lipinski definition) is 4. The molecule has 0 spiro atoms. The van der Waals surface area contributed by atoms with Gasteiger partial charge in [-0.1, -0.05) is 0 Å². The van der Waals surface area contributed by atoms with Gasteiger partial charge in [-0.2, -0.15) is 0 Å². The van der Waals surface area contributed by atoms with E-state index >= 15 is 0 Å². The molecule has 1 amide bonds. The number of carbonyl (C=O) groups is 2. The zero-order chi connectivity index (χ0) is 15.5. The summed E-state index contributed by atoms with van der Waals surface area (Å²) in [6.45, 7) is 4.64. The summed E-state index contributed by atoms with van der Waals surface area (Å²) >= 11 is 0. The molecule has 1 aliphatic rings. The average molecular weight is 293 g/mol. The summed E-state index contributed by atoms with van der Waals surface area (Å²) in [5, 5.41) is 11.8. The van der Waals surface area contributed by atoms with Gasteiger partial charge in [-0.05, 0) is 38.8 Å². The van der Waals surface area contributed by atoms with Crippen LogP contribution in [-0.4, -0.2) is 30.2 Å². The highest BCUT2D eigenvalue weighted by molar-refractivity contribution is 6.11. The van der Waals surface area contributed by atoms with Gasteiger partial charge in [-0.15, -0.1) is 0 Å². The first-order valence-electron chi connectivity index (χ1n) is 6.98. The second-order valence-electron chi connectivity index (χ2n) is 4.87. The molecular formula is C15H19NO5. The number of amides is 1. The number of rotatable bonds is 7. The number of benzene rings is 1. The van der Waals surface area contributed by atoms with Crippen LogP contribution in [0.1, 0.15) is 26.7 Å². The van der Waals surface area contributed by atoms with Gasteiger partial charge in [0.2, 0.25) is 5.91 Å². The minimum atomic E-state index is -1.29. The molecule has 0 unspecified atom stereocenters. The van der Waals surface area contributed by atoms with Gasteiger partial charge in [0.1, 0.15) is 16.9 Å². The molecule has 1 saturated carbocycles. The van der Waals surface area contributed by atoms with Crippen LogP contribution in [0.2, 0.25) is 0 Å². The Kier molecular flexibility index (Phi) is 4.35. The van der Waals surface area contributed by atoms with Crippen molar-refractivity contribution in [2.75, 3.05) is 18.5 Å². The van der Waals surface area contributed by atoms with Crippen LogP contribution in [-0.2, 0) is 9.59 Å². The van der Waals surface area contributed by atoms with Crippen molar-refractivity contribution < 1.29 is 24.2 Å². The minimum absolute atomic E-state index is 0.364. The summed E-state index contributed by atoms with van der Waals surface area (Å²) in [5.41, 5.74) is -0.856. The molecule has 1 fully saturated rings. The molecule has 0 radical (unpaired) electrons. The Bertz CT molecular complexity index is 551. The van der Waals surface area contributed by atoms with Crippen LogP contribution in [0.3, 0.4) is 0 Å². The van der Waals surface area contributed by atoms with Crippen molar-refractivity contribution in [1.82, 2.24) is 0 Å². The van der Waals surface area contributed by atoms with E-state index in [-0.39, 0.29) is 0 Å². The standard InChI is InChI=1S/C15H19NO5/c1-3-20-10-5-6-12(21-4-2)11(9-10)16-13(17)15(7-8-15)14(18)19/h5-6,9H,3-4,7-8H2,1-2H3,(H,16,17)(H,18,19). The number of carbonyl (C=O) groups excluding carboxylic acids is 1. The number of anilines is 1. The molecule has 114 valence electrons. The number of nitrogens with one attached hydrogen (secondary N) is 1. The fourth-order valence-corrected chi connectivity index (χ4v) is 2.05. The summed E-state index contributed by atoms with van der Waals surface area (Å²) in [4.78, 5) is 23.4. The smallest absolute Gasteiger partial charge is 0.319 e. The van der Waals surface area contributed by atoms with E-state index in [9.17, 15) is 9.59 Å². The Morgan fingerprint density at radius 2 is 1.90 bits per heavy atom. The van der Waals surface area contributed by atoms with E-state index in [4.69, 9.17) is 14.6 Å². The van der Waals surface area contributed by atoms with Gasteiger partial charge in [-0.25, -0.2) is 0 Å². The highest BCUT2D eigenvalue weighted by Gasteiger charge is 2.57.